The molecule has 4 atom stereocenters. The van der Waals surface area contributed by atoms with Crippen molar-refractivity contribution in [2.75, 3.05) is 13.4 Å². The average Bonchev–Trinajstić information content (AvgIpc) is 2.88. The van der Waals surface area contributed by atoms with Crippen molar-refractivity contribution < 1.29 is 13.9 Å². The van der Waals surface area contributed by atoms with Gasteiger partial charge >= 0.3 is 259 Å². The summed E-state index contributed by atoms with van der Waals surface area (Å²) in [5.41, 5.74) is 0. The molecule has 40 heavy (non-hydrogen) atoms. The van der Waals surface area contributed by atoms with E-state index in [9.17, 15) is 0 Å². The fraction of sp³-hybridized carbons (Fsp3) is 1.00. The third-order valence-corrected chi connectivity index (χ3v) is 32.0. The normalized spacial score (nSPS) is 21.8. The van der Waals surface area contributed by atoms with E-state index in [4.69, 9.17) is 13.9 Å². The SMILES string of the molecule is CCC[CH2][Sn]([CH2]CCC)([CH2]CCC)[CH](CCCCCO[Si](C)(C)C(C)(C)C)OCO[C@@H]1C[C@H](C)CC[C@H]1C(C)C. The molecule has 0 aliphatic heterocycles. The van der Waals surface area contributed by atoms with Crippen molar-refractivity contribution in [1.29, 1.82) is 0 Å². The van der Waals surface area contributed by atoms with E-state index in [2.05, 4.69) is 75.4 Å². The molecule has 1 fully saturated rings. The van der Waals surface area contributed by atoms with Crippen molar-refractivity contribution in [3.8, 4) is 0 Å². The van der Waals surface area contributed by atoms with Crippen LogP contribution in [0, 0.1) is 17.8 Å². The second-order valence-electron chi connectivity index (χ2n) is 15.4. The Morgan fingerprint density at radius 3 is 1.90 bits per heavy atom. The monoisotopic (exact) mass is 690 g/mol. The minimum absolute atomic E-state index is 0.294. The van der Waals surface area contributed by atoms with Crippen molar-refractivity contribution in [2.45, 2.75) is 187 Å². The van der Waals surface area contributed by atoms with Gasteiger partial charge in [0, 0.05) is 0 Å². The zero-order valence-corrected chi connectivity index (χ0v) is 33.2. The first kappa shape index (κ1) is 38.9. The average molecular weight is 690 g/mol. The van der Waals surface area contributed by atoms with Crippen molar-refractivity contribution in [1.82, 2.24) is 0 Å². The first-order valence-electron chi connectivity index (χ1n) is 17.7. The van der Waals surface area contributed by atoms with Gasteiger partial charge in [0.15, 0.2) is 0 Å². The van der Waals surface area contributed by atoms with Crippen LogP contribution in [0.25, 0.3) is 0 Å². The molecular formula is C35H74O3SiSn. The van der Waals surface area contributed by atoms with E-state index in [1.165, 1.54) is 96.8 Å². The van der Waals surface area contributed by atoms with Gasteiger partial charge in [-0.3, -0.25) is 0 Å². The summed E-state index contributed by atoms with van der Waals surface area (Å²) in [6, 6.07) is 0. The standard InChI is InChI=1S/C23H47O3Si.3C4H9.Sn/c1-19(2)21-14-13-20(3)17-22(21)25-18-24-15-11-9-10-12-16-26-27(7,8)23(4,5)6;3*1-3-4-2;/h15,19-22H,9-14,16-18H2,1-8H3;3*1,3-4H2,2H3;/t20-,21+,22-;;;;/m1..../s1. The van der Waals surface area contributed by atoms with E-state index in [0.29, 0.717) is 33.9 Å². The summed E-state index contributed by atoms with van der Waals surface area (Å²) < 4.78 is 25.2. The van der Waals surface area contributed by atoms with E-state index >= 15 is 0 Å². The Morgan fingerprint density at radius 2 is 1.40 bits per heavy atom. The molecule has 1 saturated carbocycles. The Labute approximate surface area is 258 Å². The van der Waals surface area contributed by atoms with Crippen LogP contribution in [-0.2, 0) is 13.9 Å². The molecular weight excluding hydrogens is 615 g/mol. The van der Waals surface area contributed by atoms with Crippen LogP contribution >= 0.6 is 0 Å². The molecule has 0 radical (unpaired) electrons. The first-order chi connectivity index (χ1) is 18.8. The van der Waals surface area contributed by atoms with Crippen molar-refractivity contribution in [2.24, 2.45) is 17.8 Å². The van der Waals surface area contributed by atoms with E-state index in [1.54, 1.807) is 0 Å². The summed E-state index contributed by atoms with van der Waals surface area (Å²) in [6.45, 7) is 27.6. The molecule has 0 aromatic carbocycles. The zero-order valence-electron chi connectivity index (χ0n) is 29.3. The Morgan fingerprint density at radius 1 is 0.825 bits per heavy atom. The fourth-order valence-corrected chi connectivity index (χ4v) is 25.3. The van der Waals surface area contributed by atoms with Gasteiger partial charge in [0.25, 0.3) is 0 Å². The first-order valence-corrected chi connectivity index (χ1v) is 28.3. The molecule has 0 amide bonds. The van der Waals surface area contributed by atoms with Gasteiger partial charge in [-0.15, -0.1) is 0 Å². The van der Waals surface area contributed by atoms with E-state index in [-0.39, 0.29) is 0 Å². The maximum atomic E-state index is 7.02. The van der Waals surface area contributed by atoms with Crippen LogP contribution in [0.3, 0.4) is 0 Å². The summed E-state index contributed by atoms with van der Waals surface area (Å²) >= 11 is -2.53. The third kappa shape index (κ3) is 13.7. The molecule has 1 aliphatic carbocycles. The topological polar surface area (TPSA) is 27.7 Å². The summed E-state index contributed by atoms with van der Waals surface area (Å²) in [7, 11) is -1.65. The van der Waals surface area contributed by atoms with Crippen LogP contribution < -0.4 is 0 Å². The predicted molar refractivity (Wildman–Crippen MR) is 182 cm³/mol. The zero-order chi connectivity index (χ0) is 30.2. The van der Waals surface area contributed by atoms with Crippen LogP contribution in [0.4, 0.5) is 0 Å². The van der Waals surface area contributed by atoms with E-state index < -0.39 is 26.7 Å². The Balaban J connectivity index is 2.93. The molecule has 1 rings (SSSR count). The van der Waals surface area contributed by atoms with Crippen LogP contribution in [-0.4, -0.2) is 50.3 Å². The Hall–Kier alpha value is 0.896. The molecule has 0 aromatic heterocycles. The summed E-state index contributed by atoms with van der Waals surface area (Å²) in [6.07, 6.45) is 17.4. The number of rotatable bonds is 22. The molecule has 1 aliphatic rings. The molecule has 0 heterocycles. The van der Waals surface area contributed by atoms with Crippen molar-refractivity contribution in [3.05, 3.63) is 0 Å². The third-order valence-electron chi connectivity index (χ3n) is 10.7. The van der Waals surface area contributed by atoms with Gasteiger partial charge in [-0.05, 0) is 0 Å². The Bertz CT molecular complexity index is 611. The predicted octanol–water partition coefficient (Wildman–Crippen LogP) is 11.8. The van der Waals surface area contributed by atoms with Crippen LogP contribution in [0.5, 0.6) is 0 Å². The van der Waals surface area contributed by atoms with Gasteiger partial charge in [-0.25, -0.2) is 0 Å². The second kappa shape index (κ2) is 20.0. The molecule has 3 nitrogen and oxygen atoms in total. The van der Waals surface area contributed by atoms with E-state index in [0.717, 1.165) is 12.5 Å². The summed E-state index contributed by atoms with van der Waals surface area (Å²) in [5, 5.41) is 0.294. The summed E-state index contributed by atoms with van der Waals surface area (Å²) in [5.74, 6) is 2.16. The van der Waals surface area contributed by atoms with Crippen molar-refractivity contribution >= 4 is 26.7 Å². The Kier molecular flexibility index (Phi) is 19.5. The van der Waals surface area contributed by atoms with Crippen LogP contribution in [0.15, 0.2) is 0 Å². The molecule has 0 saturated heterocycles. The molecule has 0 aromatic rings. The number of ether oxygens (including phenoxy) is 2. The van der Waals surface area contributed by atoms with Crippen molar-refractivity contribution in [3.63, 3.8) is 0 Å². The van der Waals surface area contributed by atoms with Gasteiger partial charge in [0.1, 0.15) is 0 Å². The molecule has 0 spiro atoms. The molecule has 240 valence electrons. The van der Waals surface area contributed by atoms with E-state index in [1.807, 2.05) is 0 Å². The van der Waals surface area contributed by atoms with Crippen LogP contribution in [0.1, 0.15) is 146 Å². The van der Waals surface area contributed by atoms with Gasteiger partial charge < -0.3 is 0 Å². The van der Waals surface area contributed by atoms with Gasteiger partial charge in [0.05, 0.1) is 0 Å². The molecule has 1 unspecified atom stereocenters. The second-order valence-corrected chi connectivity index (χ2v) is 34.1. The molecule has 5 heteroatoms. The van der Waals surface area contributed by atoms with Crippen LogP contribution in [0.2, 0.25) is 31.4 Å². The molecule has 0 bridgehead atoms. The fourth-order valence-electron chi connectivity index (χ4n) is 6.68. The van der Waals surface area contributed by atoms with Gasteiger partial charge in [-0.1, -0.05) is 0 Å². The maximum absolute atomic E-state index is 7.02. The van der Waals surface area contributed by atoms with Gasteiger partial charge in [0.2, 0.25) is 0 Å². The number of hydrogen-bond acceptors (Lipinski definition) is 3. The quantitative estimate of drug-likeness (QED) is 0.0643. The summed E-state index contributed by atoms with van der Waals surface area (Å²) in [4.78, 5) is 0. The molecule has 0 N–H and O–H groups in total. The number of hydrogen-bond donors (Lipinski definition) is 0. The number of unbranched alkanes of at least 4 members (excludes halogenated alkanes) is 5. The minimum atomic E-state index is -2.53. The van der Waals surface area contributed by atoms with Gasteiger partial charge in [-0.2, -0.15) is 0 Å².